The van der Waals surface area contributed by atoms with E-state index in [-0.39, 0.29) is 11.7 Å². The number of nitrogens with zero attached hydrogens (tertiary/aromatic N) is 1. The zero-order valence-corrected chi connectivity index (χ0v) is 13.4. The number of rotatable bonds is 6. The summed E-state index contributed by atoms with van der Waals surface area (Å²) in [6, 6.07) is 2.50. The second-order valence-corrected chi connectivity index (χ2v) is 6.77. The van der Waals surface area contributed by atoms with Gasteiger partial charge < -0.3 is 11.1 Å². The molecule has 1 unspecified atom stereocenters. The van der Waals surface area contributed by atoms with E-state index in [2.05, 4.69) is 17.1 Å². The number of thiophene rings is 1. The van der Waals surface area contributed by atoms with Crippen LogP contribution in [0.2, 0.25) is 0 Å². The van der Waals surface area contributed by atoms with Gasteiger partial charge in [0.15, 0.2) is 5.78 Å². The molecule has 2 rings (SSSR count). The Morgan fingerprint density at radius 3 is 3.00 bits per heavy atom. The van der Waals surface area contributed by atoms with Crippen LogP contribution >= 0.6 is 11.3 Å². The molecule has 2 heterocycles. The molecule has 4 nitrogen and oxygen atoms in total. The second kappa shape index (κ2) is 6.59. The summed E-state index contributed by atoms with van der Waals surface area (Å²) < 4.78 is 0. The van der Waals surface area contributed by atoms with Crippen LogP contribution in [0, 0.1) is 5.92 Å². The number of ketones is 1. The van der Waals surface area contributed by atoms with Crippen LogP contribution in [0.3, 0.4) is 0 Å². The summed E-state index contributed by atoms with van der Waals surface area (Å²) in [6.45, 7) is 9.27. The maximum Gasteiger partial charge on any atom is 0.177 e. The third-order valence-electron chi connectivity index (χ3n) is 3.93. The van der Waals surface area contributed by atoms with Crippen LogP contribution < -0.4 is 11.1 Å². The van der Waals surface area contributed by atoms with Crippen LogP contribution in [0.15, 0.2) is 6.07 Å². The lowest BCUT2D eigenvalue weighted by molar-refractivity contribution is 0.0944. The quantitative estimate of drug-likeness (QED) is 0.792. The standard InChI is InChI=1S/C15H25N3OS/c1-4-18-7-5-6-11(18)9-17-13-8-12(16)15(20-13)14(19)10(2)3/h8,10-11,17H,4-7,9,16H2,1-3H3. The van der Waals surface area contributed by atoms with Gasteiger partial charge in [0, 0.05) is 18.5 Å². The summed E-state index contributed by atoms with van der Waals surface area (Å²) in [7, 11) is 0. The monoisotopic (exact) mass is 295 g/mol. The van der Waals surface area contributed by atoms with Crippen LogP contribution in [0.1, 0.15) is 43.3 Å². The van der Waals surface area contributed by atoms with E-state index < -0.39 is 0 Å². The number of hydrogen-bond acceptors (Lipinski definition) is 5. The fourth-order valence-electron chi connectivity index (χ4n) is 2.71. The van der Waals surface area contributed by atoms with Gasteiger partial charge in [0.25, 0.3) is 0 Å². The molecule has 0 aromatic carbocycles. The van der Waals surface area contributed by atoms with Crippen LogP contribution in [0.4, 0.5) is 10.7 Å². The number of Topliss-reactive ketones (excluding diaryl/α,β-unsaturated/α-hetero) is 1. The number of carbonyl (C=O) groups excluding carboxylic acids is 1. The second-order valence-electron chi connectivity index (χ2n) is 5.72. The van der Waals surface area contributed by atoms with E-state index in [1.807, 2.05) is 19.9 Å². The summed E-state index contributed by atoms with van der Waals surface area (Å²) in [4.78, 5) is 15.2. The average Bonchev–Trinajstić information content (AvgIpc) is 3.01. The molecule has 20 heavy (non-hydrogen) atoms. The van der Waals surface area contributed by atoms with Gasteiger partial charge in [0.1, 0.15) is 0 Å². The minimum atomic E-state index is -0.00536. The Morgan fingerprint density at radius 2 is 2.35 bits per heavy atom. The molecule has 112 valence electrons. The maximum absolute atomic E-state index is 12.0. The van der Waals surface area contributed by atoms with Gasteiger partial charge in [-0.25, -0.2) is 0 Å². The van der Waals surface area contributed by atoms with Gasteiger partial charge in [-0.1, -0.05) is 20.8 Å². The average molecular weight is 295 g/mol. The van der Waals surface area contributed by atoms with Gasteiger partial charge in [-0.3, -0.25) is 9.69 Å². The number of anilines is 2. The SMILES string of the molecule is CCN1CCCC1CNc1cc(N)c(C(=O)C(C)C)s1. The molecule has 0 bridgehead atoms. The van der Waals surface area contributed by atoms with Crippen molar-refractivity contribution in [3.8, 4) is 0 Å². The van der Waals surface area contributed by atoms with Crippen molar-refractivity contribution in [3.05, 3.63) is 10.9 Å². The summed E-state index contributed by atoms with van der Waals surface area (Å²) in [5.74, 6) is 0.130. The van der Waals surface area contributed by atoms with Gasteiger partial charge in [-0.15, -0.1) is 11.3 Å². The van der Waals surface area contributed by atoms with E-state index in [0.29, 0.717) is 16.6 Å². The third-order valence-corrected chi connectivity index (χ3v) is 5.05. The number of nitrogen functional groups attached to an aromatic ring is 1. The van der Waals surface area contributed by atoms with Crippen molar-refractivity contribution in [1.82, 2.24) is 4.90 Å². The molecule has 5 heteroatoms. The first-order chi connectivity index (χ1) is 9.52. The number of hydrogen-bond donors (Lipinski definition) is 2. The van der Waals surface area contributed by atoms with Crippen LogP contribution in [-0.2, 0) is 0 Å². The molecule has 0 spiro atoms. The van der Waals surface area contributed by atoms with E-state index in [0.717, 1.165) is 18.1 Å². The highest BCUT2D eigenvalue weighted by atomic mass is 32.1. The molecule has 1 aromatic heterocycles. The van der Waals surface area contributed by atoms with E-state index in [4.69, 9.17) is 5.73 Å². The van der Waals surface area contributed by atoms with Gasteiger partial charge in [0.2, 0.25) is 0 Å². The molecule has 0 radical (unpaired) electrons. The summed E-state index contributed by atoms with van der Waals surface area (Å²) in [6.07, 6.45) is 2.53. The lowest BCUT2D eigenvalue weighted by Crippen LogP contribution is -2.34. The van der Waals surface area contributed by atoms with Crippen molar-refractivity contribution in [2.75, 3.05) is 30.7 Å². The molecule has 1 saturated heterocycles. The fraction of sp³-hybridized carbons (Fsp3) is 0.667. The van der Waals surface area contributed by atoms with E-state index in [1.54, 1.807) is 0 Å². The number of nitrogens with one attached hydrogen (secondary N) is 1. The predicted molar refractivity (Wildman–Crippen MR) is 86.7 cm³/mol. The Bertz CT molecular complexity index is 470. The molecule has 1 aromatic rings. The normalized spacial score (nSPS) is 19.7. The smallest absolute Gasteiger partial charge is 0.177 e. The van der Waals surface area contributed by atoms with E-state index >= 15 is 0 Å². The minimum absolute atomic E-state index is 0.00536. The van der Waals surface area contributed by atoms with Crippen molar-refractivity contribution in [1.29, 1.82) is 0 Å². The molecule has 1 aliphatic heterocycles. The first-order valence-electron chi connectivity index (χ1n) is 7.44. The first kappa shape index (κ1) is 15.3. The fourth-order valence-corrected chi connectivity index (χ4v) is 3.78. The molecule has 1 fully saturated rings. The third kappa shape index (κ3) is 3.33. The summed E-state index contributed by atoms with van der Waals surface area (Å²) in [5, 5.41) is 4.46. The van der Waals surface area contributed by atoms with Crippen molar-refractivity contribution in [3.63, 3.8) is 0 Å². The Hall–Kier alpha value is -1.07. The van der Waals surface area contributed by atoms with Crippen LogP contribution in [0.5, 0.6) is 0 Å². The Labute approximate surface area is 125 Å². The Morgan fingerprint density at radius 1 is 1.60 bits per heavy atom. The number of carbonyl (C=O) groups is 1. The molecule has 3 N–H and O–H groups in total. The van der Waals surface area contributed by atoms with Gasteiger partial charge in [-0.2, -0.15) is 0 Å². The lowest BCUT2D eigenvalue weighted by Gasteiger charge is -2.22. The molecule has 0 amide bonds. The highest BCUT2D eigenvalue weighted by Gasteiger charge is 2.23. The highest BCUT2D eigenvalue weighted by molar-refractivity contribution is 7.18. The molecule has 1 aliphatic rings. The molecule has 0 aliphatic carbocycles. The number of likely N-dealkylation sites (tertiary alicyclic amines) is 1. The van der Waals surface area contributed by atoms with Crippen molar-refractivity contribution >= 4 is 27.8 Å². The summed E-state index contributed by atoms with van der Waals surface area (Å²) >= 11 is 1.48. The largest absolute Gasteiger partial charge is 0.397 e. The van der Waals surface area contributed by atoms with Crippen molar-refractivity contribution in [2.24, 2.45) is 5.92 Å². The van der Waals surface area contributed by atoms with Gasteiger partial charge in [0.05, 0.1) is 15.6 Å². The van der Waals surface area contributed by atoms with Crippen molar-refractivity contribution < 1.29 is 4.79 Å². The Balaban J connectivity index is 1.97. The molecular formula is C15H25N3OS. The van der Waals surface area contributed by atoms with Crippen LogP contribution in [0.25, 0.3) is 0 Å². The minimum Gasteiger partial charge on any atom is -0.397 e. The number of likely N-dealkylation sites (N-methyl/N-ethyl adjacent to an activating group) is 1. The Kier molecular flexibility index (Phi) is 5.05. The van der Waals surface area contributed by atoms with Gasteiger partial charge in [-0.05, 0) is 32.0 Å². The zero-order valence-electron chi connectivity index (χ0n) is 12.6. The summed E-state index contributed by atoms with van der Waals surface area (Å²) in [5.41, 5.74) is 6.56. The molecular weight excluding hydrogens is 270 g/mol. The number of nitrogens with two attached hydrogens (primary N) is 1. The first-order valence-corrected chi connectivity index (χ1v) is 8.26. The predicted octanol–water partition coefficient (Wildman–Crippen LogP) is 3.07. The maximum atomic E-state index is 12.0. The van der Waals surface area contributed by atoms with E-state index in [9.17, 15) is 4.79 Å². The molecule has 0 saturated carbocycles. The van der Waals surface area contributed by atoms with E-state index in [1.165, 1.54) is 30.7 Å². The topological polar surface area (TPSA) is 58.4 Å². The van der Waals surface area contributed by atoms with Crippen molar-refractivity contribution in [2.45, 2.75) is 39.7 Å². The lowest BCUT2D eigenvalue weighted by atomic mass is 10.1. The highest BCUT2D eigenvalue weighted by Crippen LogP contribution is 2.31. The zero-order chi connectivity index (χ0) is 14.7. The van der Waals surface area contributed by atoms with Crippen LogP contribution in [-0.4, -0.2) is 36.4 Å². The van der Waals surface area contributed by atoms with Gasteiger partial charge >= 0.3 is 0 Å². The molecule has 1 atom stereocenters.